The minimum absolute atomic E-state index is 0.0599. The van der Waals surface area contributed by atoms with Gasteiger partial charge in [0, 0.05) is 18.0 Å². The highest BCUT2D eigenvalue weighted by Crippen LogP contribution is 2.33. The molecule has 0 saturated carbocycles. The SMILES string of the molecule is COc1cc(C=C2C(=N)N3N=C(c4cccnc4)SC3=NC2=O)ccc1OCc1ccc(Cl)c(Cl)c1. The molecule has 180 valence electrons. The van der Waals surface area contributed by atoms with Crippen LogP contribution < -0.4 is 9.47 Å². The Bertz CT molecular complexity index is 1470. The van der Waals surface area contributed by atoms with Crippen LogP contribution in [-0.2, 0) is 11.4 Å². The first kappa shape index (κ1) is 24.1. The Morgan fingerprint density at radius 1 is 1.11 bits per heavy atom. The molecule has 2 aliphatic rings. The van der Waals surface area contributed by atoms with Gasteiger partial charge in [-0.2, -0.15) is 15.1 Å². The Morgan fingerprint density at radius 2 is 1.97 bits per heavy atom. The number of hydrogen-bond acceptors (Lipinski definition) is 7. The number of benzene rings is 2. The van der Waals surface area contributed by atoms with Crippen LogP contribution in [0.2, 0.25) is 10.0 Å². The summed E-state index contributed by atoms with van der Waals surface area (Å²) in [5, 5.41) is 16.3. The standard InChI is InChI=1S/C25H17Cl2N5O3S/c1-34-21-11-14(5-7-20(21)35-13-15-4-6-18(26)19(27)10-15)9-17-22(28)32-25(30-23(17)33)36-24(31-32)16-3-2-8-29-12-16/h2-12,28H,13H2,1H3. The minimum atomic E-state index is -0.514. The number of rotatable bonds is 6. The van der Waals surface area contributed by atoms with E-state index in [1.807, 2.05) is 12.1 Å². The van der Waals surface area contributed by atoms with Crippen LogP contribution in [0.15, 0.2) is 76.6 Å². The molecule has 0 spiro atoms. The number of ether oxygens (including phenoxy) is 2. The van der Waals surface area contributed by atoms with Gasteiger partial charge in [0.1, 0.15) is 11.7 Å². The molecule has 0 aliphatic carbocycles. The highest BCUT2D eigenvalue weighted by molar-refractivity contribution is 8.27. The van der Waals surface area contributed by atoms with Crippen LogP contribution in [0, 0.1) is 5.41 Å². The molecule has 0 bridgehead atoms. The second-order valence-corrected chi connectivity index (χ2v) is 9.38. The molecule has 3 aromatic rings. The van der Waals surface area contributed by atoms with Crippen LogP contribution in [0.4, 0.5) is 0 Å². The van der Waals surface area contributed by atoms with E-state index < -0.39 is 5.91 Å². The molecule has 36 heavy (non-hydrogen) atoms. The number of methoxy groups -OCH3 is 1. The van der Waals surface area contributed by atoms with E-state index >= 15 is 0 Å². The number of halogens is 2. The number of aliphatic imine (C=N–C) groups is 1. The molecule has 0 radical (unpaired) electrons. The predicted molar refractivity (Wildman–Crippen MR) is 142 cm³/mol. The second kappa shape index (κ2) is 10.1. The van der Waals surface area contributed by atoms with Crippen molar-refractivity contribution in [2.45, 2.75) is 6.61 Å². The van der Waals surface area contributed by atoms with E-state index in [0.29, 0.717) is 37.3 Å². The van der Waals surface area contributed by atoms with Crippen LogP contribution >= 0.6 is 35.0 Å². The fraction of sp³-hybridized carbons (Fsp3) is 0.0800. The van der Waals surface area contributed by atoms with Gasteiger partial charge in [0.25, 0.3) is 5.91 Å². The van der Waals surface area contributed by atoms with E-state index in [-0.39, 0.29) is 18.0 Å². The number of carbonyl (C=O) groups is 1. The van der Waals surface area contributed by atoms with Crippen LogP contribution in [-0.4, -0.2) is 39.1 Å². The van der Waals surface area contributed by atoms with Gasteiger partial charge in [-0.1, -0.05) is 35.3 Å². The number of hydrazone groups is 1. The molecule has 0 fully saturated rings. The number of aromatic nitrogens is 1. The summed E-state index contributed by atoms with van der Waals surface area (Å²) in [5.41, 5.74) is 2.39. The summed E-state index contributed by atoms with van der Waals surface area (Å²) in [5.74, 6) is 0.408. The van der Waals surface area contributed by atoms with Gasteiger partial charge in [0.15, 0.2) is 17.3 Å². The average Bonchev–Trinajstić information content (AvgIpc) is 3.32. The summed E-state index contributed by atoms with van der Waals surface area (Å²) in [6, 6.07) is 14.2. The number of amidine groups is 2. The summed E-state index contributed by atoms with van der Waals surface area (Å²) >= 11 is 13.3. The third-order valence-corrected chi connectivity index (χ3v) is 6.94. The van der Waals surface area contributed by atoms with Crippen LogP contribution in [0.1, 0.15) is 16.7 Å². The summed E-state index contributed by atoms with van der Waals surface area (Å²) in [4.78, 5) is 21.0. The van der Waals surface area contributed by atoms with E-state index in [0.717, 1.165) is 11.1 Å². The second-order valence-electron chi connectivity index (χ2n) is 7.61. The largest absolute Gasteiger partial charge is 0.493 e. The first-order valence-electron chi connectivity index (χ1n) is 10.6. The van der Waals surface area contributed by atoms with Crippen molar-refractivity contribution in [1.82, 2.24) is 9.99 Å². The van der Waals surface area contributed by atoms with Crippen molar-refractivity contribution >= 4 is 63.0 Å². The third-order valence-electron chi connectivity index (χ3n) is 5.24. The number of carbonyl (C=O) groups excluding carboxylic acids is 1. The van der Waals surface area contributed by atoms with Gasteiger partial charge in [-0.15, -0.1) is 0 Å². The van der Waals surface area contributed by atoms with Crippen molar-refractivity contribution < 1.29 is 14.3 Å². The molecule has 0 saturated heterocycles. The molecular weight excluding hydrogens is 521 g/mol. The number of amides is 1. The molecule has 0 unspecified atom stereocenters. The summed E-state index contributed by atoms with van der Waals surface area (Å²) in [6.45, 7) is 0.262. The lowest BCUT2D eigenvalue weighted by atomic mass is 10.1. The highest BCUT2D eigenvalue weighted by atomic mass is 35.5. The Morgan fingerprint density at radius 3 is 2.72 bits per heavy atom. The van der Waals surface area contributed by atoms with Crippen molar-refractivity contribution in [3.63, 3.8) is 0 Å². The first-order valence-corrected chi connectivity index (χ1v) is 12.2. The maximum Gasteiger partial charge on any atom is 0.283 e. The molecule has 11 heteroatoms. The summed E-state index contributed by atoms with van der Waals surface area (Å²) in [7, 11) is 1.53. The zero-order chi connectivity index (χ0) is 25.2. The highest BCUT2D eigenvalue weighted by Gasteiger charge is 2.36. The first-order chi connectivity index (χ1) is 17.4. The molecule has 8 nitrogen and oxygen atoms in total. The Kier molecular flexibility index (Phi) is 6.77. The van der Waals surface area contributed by atoms with Gasteiger partial charge in [0.05, 0.1) is 22.7 Å². The van der Waals surface area contributed by atoms with Crippen molar-refractivity contribution in [3.05, 3.63) is 93.2 Å². The van der Waals surface area contributed by atoms with Gasteiger partial charge in [-0.3, -0.25) is 15.2 Å². The van der Waals surface area contributed by atoms with E-state index in [2.05, 4.69) is 15.1 Å². The molecule has 0 atom stereocenters. The lowest BCUT2D eigenvalue weighted by molar-refractivity contribution is -0.114. The monoisotopic (exact) mass is 537 g/mol. The zero-order valence-electron chi connectivity index (χ0n) is 18.7. The van der Waals surface area contributed by atoms with Crippen molar-refractivity contribution in [2.75, 3.05) is 7.11 Å². The van der Waals surface area contributed by atoms with E-state index in [4.69, 9.17) is 38.1 Å². The van der Waals surface area contributed by atoms with Gasteiger partial charge in [-0.25, -0.2) is 0 Å². The fourth-order valence-electron chi connectivity index (χ4n) is 3.45. The Hall–Kier alpha value is -3.66. The van der Waals surface area contributed by atoms with Crippen LogP contribution in [0.5, 0.6) is 11.5 Å². The van der Waals surface area contributed by atoms with Gasteiger partial charge >= 0.3 is 0 Å². The lowest BCUT2D eigenvalue weighted by Crippen LogP contribution is -2.35. The topological polar surface area (TPSA) is 100 Å². The molecule has 5 rings (SSSR count). The van der Waals surface area contributed by atoms with Crippen LogP contribution in [0.3, 0.4) is 0 Å². The fourth-order valence-corrected chi connectivity index (χ4v) is 4.65. The summed E-state index contributed by atoms with van der Waals surface area (Å²) < 4.78 is 11.4. The number of nitrogens with zero attached hydrogens (tertiary/aromatic N) is 4. The number of fused-ring (bicyclic) bond motifs is 1. The maximum absolute atomic E-state index is 12.8. The molecular formula is C25H17Cl2N5O3S. The maximum atomic E-state index is 12.8. The van der Waals surface area contributed by atoms with E-state index in [9.17, 15) is 4.79 Å². The van der Waals surface area contributed by atoms with Crippen molar-refractivity contribution in [3.8, 4) is 11.5 Å². The third kappa shape index (κ3) is 4.86. The van der Waals surface area contributed by atoms with Gasteiger partial charge in [-0.05, 0) is 65.4 Å². The molecule has 2 aromatic carbocycles. The summed E-state index contributed by atoms with van der Waals surface area (Å²) in [6.07, 6.45) is 4.92. The normalized spacial score (nSPS) is 16.1. The van der Waals surface area contributed by atoms with Gasteiger partial charge in [0.2, 0.25) is 5.17 Å². The number of nitrogens with one attached hydrogen (secondary N) is 1. The Labute approximate surface area is 220 Å². The zero-order valence-corrected chi connectivity index (χ0v) is 21.1. The van der Waals surface area contributed by atoms with Crippen molar-refractivity contribution in [2.24, 2.45) is 10.1 Å². The minimum Gasteiger partial charge on any atom is -0.493 e. The number of pyridine rings is 1. The predicted octanol–water partition coefficient (Wildman–Crippen LogP) is 5.64. The van der Waals surface area contributed by atoms with Crippen LogP contribution in [0.25, 0.3) is 6.08 Å². The van der Waals surface area contributed by atoms with E-state index in [1.54, 1.807) is 54.9 Å². The molecule has 1 N–H and O–H groups in total. The molecule has 1 aromatic heterocycles. The number of hydrogen-bond donors (Lipinski definition) is 1. The average molecular weight is 538 g/mol. The Balaban J connectivity index is 1.37. The van der Waals surface area contributed by atoms with Crippen molar-refractivity contribution in [1.29, 1.82) is 5.41 Å². The molecule has 1 amide bonds. The van der Waals surface area contributed by atoms with Gasteiger partial charge < -0.3 is 9.47 Å². The quantitative estimate of drug-likeness (QED) is 0.408. The smallest absolute Gasteiger partial charge is 0.283 e. The molecule has 2 aliphatic heterocycles. The molecule has 3 heterocycles. The van der Waals surface area contributed by atoms with E-state index in [1.165, 1.54) is 23.9 Å². The number of thioether (sulfide) groups is 1. The lowest BCUT2D eigenvalue weighted by Gasteiger charge is -2.20.